The Morgan fingerprint density at radius 2 is 1.94 bits per heavy atom. The summed E-state index contributed by atoms with van der Waals surface area (Å²) in [4.78, 5) is 0. The molecule has 0 fully saturated rings. The Morgan fingerprint density at radius 1 is 1.06 bits per heavy atom. The Kier molecular flexibility index (Phi) is 2.03. The number of hydrogen-bond donors (Lipinski definition) is 0. The van der Waals surface area contributed by atoms with Crippen LogP contribution in [0.25, 0.3) is 10.9 Å². The van der Waals surface area contributed by atoms with E-state index in [1.807, 2.05) is 17.9 Å². The molecule has 3 aromatic rings. The lowest BCUT2D eigenvalue weighted by Crippen LogP contribution is -1.99. The minimum Gasteiger partial charge on any atom is -0.341 e. The maximum Gasteiger partial charge on any atom is 0.0821 e. The van der Waals surface area contributed by atoms with Crippen molar-refractivity contribution in [3.63, 3.8) is 0 Å². The van der Waals surface area contributed by atoms with E-state index in [0.29, 0.717) is 0 Å². The predicted molar refractivity (Wildman–Crippen MR) is 64.2 cm³/mol. The molecule has 2 heterocycles. The highest BCUT2D eigenvalue weighted by Crippen LogP contribution is 2.15. The van der Waals surface area contributed by atoms with E-state index >= 15 is 0 Å². The number of aromatic nitrogens is 3. The first-order valence-corrected chi connectivity index (χ1v) is 5.35. The quantitative estimate of drug-likeness (QED) is 0.638. The molecule has 16 heavy (non-hydrogen) atoms. The van der Waals surface area contributed by atoms with Crippen molar-refractivity contribution in [1.29, 1.82) is 0 Å². The maximum atomic E-state index is 4.39. The largest absolute Gasteiger partial charge is 0.341 e. The fraction of sp³-hybridized carbons (Fsp3) is 0.154. The Morgan fingerprint density at radius 3 is 2.75 bits per heavy atom. The average Bonchev–Trinajstić information content (AvgIpc) is 2.87. The van der Waals surface area contributed by atoms with E-state index in [4.69, 9.17) is 0 Å². The standard InChI is InChI=1S/C13H13N3/c1-15-8-7-12(14-15)10-16-9-6-11-4-2-3-5-13(11)16/h2-9H,10H2,1H3. The topological polar surface area (TPSA) is 22.8 Å². The molecular weight excluding hydrogens is 198 g/mol. The highest BCUT2D eigenvalue weighted by molar-refractivity contribution is 5.79. The van der Waals surface area contributed by atoms with Gasteiger partial charge in [0.1, 0.15) is 0 Å². The molecule has 0 aliphatic carbocycles. The van der Waals surface area contributed by atoms with Crippen LogP contribution in [0.15, 0.2) is 48.8 Å². The number of hydrogen-bond acceptors (Lipinski definition) is 1. The van der Waals surface area contributed by atoms with Crippen LogP contribution in [0.4, 0.5) is 0 Å². The molecule has 80 valence electrons. The molecule has 0 aliphatic rings. The minimum absolute atomic E-state index is 0.828. The van der Waals surface area contributed by atoms with Gasteiger partial charge < -0.3 is 4.57 Å². The molecule has 0 radical (unpaired) electrons. The first-order valence-electron chi connectivity index (χ1n) is 5.35. The Labute approximate surface area is 93.9 Å². The fourth-order valence-electron chi connectivity index (χ4n) is 2.00. The number of benzene rings is 1. The van der Waals surface area contributed by atoms with Crippen LogP contribution in [-0.2, 0) is 13.6 Å². The van der Waals surface area contributed by atoms with Gasteiger partial charge in [0.2, 0.25) is 0 Å². The van der Waals surface area contributed by atoms with Crippen LogP contribution >= 0.6 is 0 Å². The van der Waals surface area contributed by atoms with Crippen molar-refractivity contribution < 1.29 is 0 Å². The van der Waals surface area contributed by atoms with Crippen molar-refractivity contribution in [3.8, 4) is 0 Å². The van der Waals surface area contributed by atoms with Crippen molar-refractivity contribution in [2.24, 2.45) is 7.05 Å². The molecule has 0 atom stereocenters. The van der Waals surface area contributed by atoms with Gasteiger partial charge in [-0.3, -0.25) is 4.68 Å². The van der Waals surface area contributed by atoms with E-state index in [0.717, 1.165) is 12.2 Å². The molecule has 3 nitrogen and oxygen atoms in total. The molecule has 0 spiro atoms. The number of rotatable bonds is 2. The summed E-state index contributed by atoms with van der Waals surface area (Å²) in [7, 11) is 1.94. The molecule has 0 bridgehead atoms. The van der Waals surface area contributed by atoms with E-state index in [9.17, 15) is 0 Å². The van der Waals surface area contributed by atoms with Gasteiger partial charge in [0.05, 0.1) is 12.2 Å². The summed E-state index contributed by atoms with van der Waals surface area (Å²) < 4.78 is 4.05. The summed E-state index contributed by atoms with van der Waals surface area (Å²) in [5, 5.41) is 5.66. The van der Waals surface area contributed by atoms with E-state index < -0.39 is 0 Å². The lowest BCUT2D eigenvalue weighted by Gasteiger charge is -2.02. The molecule has 0 N–H and O–H groups in total. The van der Waals surface area contributed by atoms with E-state index in [1.54, 1.807) is 0 Å². The zero-order valence-electron chi connectivity index (χ0n) is 9.17. The summed E-state index contributed by atoms with van der Waals surface area (Å²) >= 11 is 0. The van der Waals surface area contributed by atoms with Crippen molar-refractivity contribution in [2.75, 3.05) is 0 Å². The molecule has 0 saturated heterocycles. The zero-order chi connectivity index (χ0) is 11.0. The van der Waals surface area contributed by atoms with Crippen LogP contribution < -0.4 is 0 Å². The summed E-state index contributed by atoms with van der Waals surface area (Å²) in [6.07, 6.45) is 4.08. The molecule has 0 saturated carbocycles. The molecular formula is C13H13N3. The second-order valence-electron chi connectivity index (χ2n) is 3.98. The summed E-state index contributed by atoms with van der Waals surface area (Å²) in [5.74, 6) is 0. The van der Waals surface area contributed by atoms with Gasteiger partial charge in [0.25, 0.3) is 0 Å². The maximum absolute atomic E-state index is 4.39. The average molecular weight is 211 g/mol. The summed E-state index contributed by atoms with van der Waals surface area (Å²) in [6.45, 7) is 0.828. The molecule has 0 amide bonds. The number of para-hydroxylation sites is 1. The molecule has 0 unspecified atom stereocenters. The molecule has 2 aromatic heterocycles. The van der Waals surface area contributed by atoms with Gasteiger partial charge in [-0.1, -0.05) is 18.2 Å². The highest BCUT2D eigenvalue weighted by Gasteiger charge is 2.02. The van der Waals surface area contributed by atoms with Crippen LogP contribution in [0.5, 0.6) is 0 Å². The number of aryl methyl sites for hydroxylation is 1. The van der Waals surface area contributed by atoms with Gasteiger partial charge in [-0.15, -0.1) is 0 Å². The van der Waals surface area contributed by atoms with Crippen LogP contribution in [0, 0.1) is 0 Å². The summed E-state index contributed by atoms with van der Waals surface area (Å²) in [6, 6.07) is 12.6. The third-order valence-corrected chi connectivity index (χ3v) is 2.78. The van der Waals surface area contributed by atoms with Crippen LogP contribution in [0.1, 0.15) is 5.69 Å². The van der Waals surface area contributed by atoms with Gasteiger partial charge >= 0.3 is 0 Å². The smallest absolute Gasteiger partial charge is 0.0821 e. The monoisotopic (exact) mass is 211 g/mol. The summed E-state index contributed by atoms with van der Waals surface area (Å²) in [5.41, 5.74) is 2.34. The zero-order valence-corrected chi connectivity index (χ0v) is 9.17. The van der Waals surface area contributed by atoms with E-state index in [2.05, 4.69) is 52.3 Å². The molecule has 3 rings (SSSR count). The molecule has 0 aliphatic heterocycles. The van der Waals surface area contributed by atoms with Crippen LogP contribution in [0.3, 0.4) is 0 Å². The van der Waals surface area contributed by atoms with Crippen LogP contribution in [0.2, 0.25) is 0 Å². The highest BCUT2D eigenvalue weighted by atomic mass is 15.3. The van der Waals surface area contributed by atoms with Crippen molar-refractivity contribution in [2.45, 2.75) is 6.54 Å². The Balaban J connectivity index is 2.00. The first kappa shape index (κ1) is 9.21. The van der Waals surface area contributed by atoms with Gasteiger partial charge in [-0.25, -0.2) is 0 Å². The number of fused-ring (bicyclic) bond motifs is 1. The lowest BCUT2D eigenvalue weighted by molar-refractivity contribution is 0.716. The second-order valence-corrected chi connectivity index (χ2v) is 3.98. The first-order chi connectivity index (χ1) is 7.83. The van der Waals surface area contributed by atoms with E-state index in [-0.39, 0.29) is 0 Å². The predicted octanol–water partition coefficient (Wildman–Crippen LogP) is 2.42. The Bertz CT molecular complexity index is 619. The lowest BCUT2D eigenvalue weighted by atomic mass is 10.2. The van der Waals surface area contributed by atoms with Crippen molar-refractivity contribution in [1.82, 2.24) is 14.3 Å². The third kappa shape index (κ3) is 1.50. The molecule has 3 heteroatoms. The van der Waals surface area contributed by atoms with Crippen molar-refractivity contribution in [3.05, 3.63) is 54.5 Å². The van der Waals surface area contributed by atoms with Gasteiger partial charge in [0, 0.05) is 25.0 Å². The number of nitrogens with zero attached hydrogens (tertiary/aromatic N) is 3. The minimum atomic E-state index is 0.828. The second kappa shape index (κ2) is 3.52. The fourth-order valence-corrected chi connectivity index (χ4v) is 2.00. The molecule has 1 aromatic carbocycles. The normalized spacial score (nSPS) is 11.1. The van der Waals surface area contributed by atoms with Gasteiger partial charge in [0.15, 0.2) is 0 Å². The SMILES string of the molecule is Cn1ccc(Cn2ccc3ccccc32)n1. The third-order valence-electron chi connectivity index (χ3n) is 2.78. The van der Waals surface area contributed by atoms with E-state index in [1.165, 1.54) is 10.9 Å². The Hall–Kier alpha value is -2.03. The van der Waals surface area contributed by atoms with Gasteiger partial charge in [-0.05, 0) is 23.6 Å². The van der Waals surface area contributed by atoms with Crippen LogP contribution in [-0.4, -0.2) is 14.3 Å². The van der Waals surface area contributed by atoms with Gasteiger partial charge in [-0.2, -0.15) is 5.10 Å². The van der Waals surface area contributed by atoms with Crippen molar-refractivity contribution >= 4 is 10.9 Å².